The molecule has 0 bridgehead atoms. The van der Waals surface area contributed by atoms with Gasteiger partial charge in [-0.25, -0.2) is 9.98 Å². The summed E-state index contributed by atoms with van der Waals surface area (Å²) < 4.78 is 7.37. The highest BCUT2D eigenvalue weighted by atomic mass is 32.1. The van der Waals surface area contributed by atoms with Gasteiger partial charge in [0, 0.05) is 64.1 Å². The zero-order valence-electron chi connectivity index (χ0n) is 37.3. The Balaban J connectivity index is 0.975. The summed E-state index contributed by atoms with van der Waals surface area (Å²) in [4.78, 5) is 10.8. The molecule has 0 amide bonds. The third-order valence-corrected chi connectivity index (χ3v) is 14.9. The number of aromatic nitrogens is 2. The van der Waals surface area contributed by atoms with Crippen LogP contribution in [0.1, 0.15) is 22.9 Å². The second-order valence-electron chi connectivity index (χ2n) is 17.7. The lowest BCUT2D eigenvalue weighted by Crippen LogP contribution is -2.34. The number of fused-ring (bicyclic) bond motifs is 9. The minimum absolute atomic E-state index is 0.443. The Kier molecular flexibility index (Phi) is 9.07. The Morgan fingerprint density at radius 1 is 0.391 bits per heavy atom. The average Bonchev–Trinajstić information content (AvgIpc) is 4.09. The number of para-hydroxylation sites is 3. The van der Waals surface area contributed by atoms with Gasteiger partial charge in [0.1, 0.15) is 12.0 Å². The predicted octanol–water partition coefficient (Wildman–Crippen LogP) is 16.1. The molecule has 1 N–H and O–H groups in total. The molecule has 5 nitrogen and oxygen atoms in total. The van der Waals surface area contributed by atoms with Gasteiger partial charge < -0.3 is 14.5 Å². The lowest BCUT2D eigenvalue weighted by molar-refractivity contribution is 0.671. The summed E-state index contributed by atoms with van der Waals surface area (Å²) in [7, 11) is 0. The molecule has 1 unspecified atom stereocenters. The standard InChI is InChI=1S/C63H41N5S/c1-4-19-40(20-5-1)42-37-38-47-55(39-42)67(43-23-8-3-9-24-43)53-33-16-28-45(59(47)53)44-29-17-34-54-58(44)46-25-10-13-31-51(46)68(54)52-32-14-11-26-48(52)62-64-61(41-21-6-2-7-22-41)65-63(66-62)50-30-18-36-57-60(50)49-27-12-15-35-56(49)69-57/h1-39,62H,(H,64,65,66). The van der Waals surface area contributed by atoms with E-state index < -0.39 is 6.17 Å². The van der Waals surface area contributed by atoms with Crippen LogP contribution in [-0.2, 0) is 0 Å². The Labute approximate surface area is 402 Å². The van der Waals surface area contributed by atoms with E-state index in [0.29, 0.717) is 5.84 Å². The highest BCUT2D eigenvalue weighted by Crippen LogP contribution is 2.45. The summed E-state index contributed by atoms with van der Waals surface area (Å²) in [5.74, 6) is 1.50. The molecule has 324 valence electrons. The van der Waals surface area contributed by atoms with E-state index in [4.69, 9.17) is 9.98 Å². The van der Waals surface area contributed by atoms with Crippen LogP contribution in [0.25, 0.3) is 97.4 Å². The fourth-order valence-electron chi connectivity index (χ4n) is 10.8. The summed E-state index contributed by atoms with van der Waals surface area (Å²) >= 11 is 1.82. The number of nitrogens with zero attached hydrogens (tertiary/aromatic N) is 4. The van der Waals surface area contributed by atoms with Crippen LogP contribution in [0.15, 0.2) is 247 Å². The number of nitrogens with one attached hydrogen (secondary N) is 1. The summed E-state index contributed by atoms with van der Waals surface area (Å²) in [5, 5.41) is 11.2. The molecule has 0 radical (unpaired) electrons. The molecule has 0 fully saturated rings. The molecule has 0 saturated carbocycles. The quantitative estimate of drug-likeness (QED) is 0.170. The first kappa shape index (κ1) is 39.3. The summed E-state index contributed by atoms with van der Waals surface area (Å²) in [6, 6.07) is 85.2. The molecule has 69 heavy (non-hydrogen) atoms. The number of amidine groups is 2. The fraction of sp³-hybridized carbons (Fsp3) is 0.0159. The van der Waals surface area contributed by atoms with Gasteiger partial charge in [-0.2, -0.15) is 0 Å². The van der Waals surface area contributed by atoms with E-state index in [-0.39, 0.29) is 0 Å². The van der Waals surface area contributed by atoms with Gasteiger partial charge in [0.05, 0.1) is 27.8 Å². The average molecular weight is 900 g/mol. The molecule has 0 saturated heterocycles. The SMILES string of the molecule is c1ccc(C2=NC(c3ccccc3-n3c4ccccc4c4c(-c5cccc6c5c5ccc(-c7ccccc7)cc5n6-c5ccccc5)cccc43)NC(c3cccc4sc5ccccc5c34)=N2)cc1. The molecule has 4 heterocycles. The van der Waals surface area contributed by atoms with Crippen molar-refractivity contribution in [2.45, 2.75) is 6.17 Å². The van der Waals surface area contributed by atoms with E-state index in [2.05, 4.69) is 245 Å². The van der Waals surface area contributed by atoms with Crippen molar-refractivity contribution in [2.75, 3.05) is 0 Å². The number of rotatable bonds is 7. The van der Waals surface area contributed by atoms with E-state index in [1.54, 1.807) is 0 Å². The zero-order chi connectivity index (χ0) is 45.4. The zero-order valence-corrected chi connectivity index (χ0v) is 38.1. The van der Waals surface area contributed by atoms with Crippen LogP contribution in [-0.4, -0.2) is 20.8 Å². The van der Waals surface area contributed by atoms with Crippen LogP contribution in [0.5, 0.6) is 0 Å². The van der Waals surface area contributed by atoms with Crippen LogP contribution in [0.4, 0.5) is 0 Å². The van der Waals surface area contributed by atoms with E-state index in [1.807, 2.05) is 17.4 Å². The van der Waals surface area contributed by atoms with Crippen LogP contribution in [0.2, 0.25) is 0 Å². The van der Waals surface area contributed by atoms with Crippen molar-refractivity contribution in [1.82, 2.24) is 14.5 Å². The van der Waals surface area contributed by atoms with Gasteiger partial charge in [-0.05, 0) is 76.9 Å². The molecule has 1 atom stereocenters. The Morgan fingerprint density at radius 3 is 1.75 bits per heavy atom. The normalized spacial score (nSPS) is 13.9. The highest BCUT2D eigenvalue weighted by molar-refractivity contribution is 7.25. The molecular formula is C63H41N5S. The lowest BCUT2D eigenvalue weighted by Gasteiger charge is -2.26. The number of benzene rings is 10. The fourth-order valence-corrected chi connectivity index (χ4v) is 11.9. The minimum atomic E-state index is -0.443. The lowest BCUT2D eigenvalue weighted by atomic mass is 9.95. The molecule has 14 rings (SSSR count). The van der Waals surface area contributed by atoms with Gasteiger partial charge >= 0.3 is 0 Å². The molecule has 0 aliphatic carbocycles. The molecular weight excluding hydrogens is 859 g/mol. The largest absolute Gasteiger partial charge is 0.344 e. The Bertz CT molecular complexity index is 4220. The molecule has 1 aliphatic rings. The number of thiophene rings is 1. The van der Waals surface area contributed by atoms with Crippen LogP contribution in [0.3, 0.4) is 0 Å². The van der Waals surface area contributed by atoms with Crippen molar-refractivity contribution in [2.24, 2.45) is 9.98 Å². The third-order valence-electron chi connectivity index (χ3n) is 13.8. The molecule has 6 heteroatoms. The molecule has 10 aromatic carbocycles. The summed E-state index contributed by atoms with van der Waals surface area (Å²) in [6.45, 7) is 0. The Hall–Kier alpha value is -8.84. The van der Waals surface area contributed by atoms with Crippen molar-refractivity contribution in [3.8, 4) is 33.6 Å². The number of hydrogen-bond acceptors (Lipinski definition) is 4. The first-order valence-corrected chi connectivity index (χ1v) is 24.3. The topological polar surface area (TPSA) is 46.6 Å². The maximum absolute atomic E-state index is 5.44. The van der Waals surface area contributed by atoms with Crippen LogP contribution >= 0.6 is 11.3 Å². The van der Waals surface area contributed by atoms with Gasteiger partial charge in [0.15, 0.2) is 5.84 Å². The second kappa shape index (κ2) is 15.9. The van der Waals surface area contributed by atoms with Crippen molar-refractivity contribution < 1.29 is 0 Å². The third kappa shape index (κ3) is 6.30. The molecule has 3 aromatic heterocycles. The first-order valence-electron chi connectivity index (χ1n) is 23.4. The van der Waals surface area contributed by atoms with E-state index in [9.17, 15) is 0 Å². The van der Waals surface area contributed by atoms with Gasteiger partial charge in [0.2, 0.25) is 0 Å². The van der Waals surface area contributed by atoms with Gasteiger partial charge in [-0.15, -0.1) is 11.3 Å². The highest BCUT2D eigenvalue weighted by Gasteiger charge is 2.27. The number of aliphatic imine (C=N–C) groups is 2. The van der Waals surface area contributed by atoms with Crippen molar-refractivity contribution >= 4 is 86.8 Å². The molecule has 13 aromatic rings. The van der Waals surface area contributed by atoms with E-state index in [0.717, 1.165) is 44.9 Å². The maximum Gasteiger partial charge on any atom is 0.159 e. The number of hydrogen-bond donors (Lipinski definition) is 1. The predicted molar refractivity (Wildman–Crippen MR) is 291 cm³/mol. The second-order valence-corrected chi connectivity index (χ2v) is 18.8. The summed E-state index contributed by atoms with van der Waals surface area (Å²) in [5.41, 5.74) is 14.7. The molecule has 0 spiro atoms. The minimum Gasteiger partial charge on any atom is -0.344 e. The van der Waals surface area contributed by atoms with E-state index in [1.165, 1.54) is 75.0 Å². The van der Waals surface area contributed by atoms with Crippen LogP contribution in [0, 0.1) is 0 Å². The summed E-state index contributed by atoms with van der Waals surface area (Å²) in [6.07, 6.45) is -0.443. The van der Waals surface area contributed by atoms with Gasteiger partial charge in [-0.1, -0.05) is 182 Å². The molecule has 1 aliphatic heterocycles. The van der Waals surface area contributed by atoms with Gasteiger partial charge in [-0.3, -0.25) is 0 Å². The van der Waals surface area contributed by atoms with Crippen molar-refractivity contribution in [3.63, 3.8) is 0 Å². The maximum atomic E-state index is 5.44. The van der Waals surface area contributed by atoms with Crippen LogP contribution < -0.4 is 5.32 Å². The smallest absolute Gasteiger partial charge is 0.159 e. The van der Waals surface area contributed by atoms with Crippen molar-refractivity contribution in [1.29, 1.82) is 0 Å². The first-order chi connectivity index (χ1) is 34.2. The van der Waals surface area contributed by atoms with Gasteiger partial charge in [0.25, 0.3) is 0 Å². The van der Waals surface area contributed by atoms with Crippen molar-refractivity contribution in [3.05, 3.63) is 253 Å². The monoisotopic (exact) mass is 899 g/mol. The Morgan fingerprint density at radius 2 is 0.971 bits per heavy atom. The van der Waals surface area contributed by atoms with E-state index >= 15 is 0 Å².